The molecular formula is C14H24N2O3S. The van der Waals surface area contributed by atoms with Crippen LogP contribution in [0.5, 0.6) is 5.75 Å². The second-order valence-electron chi connectivity index (χ2n) is 5.29. The highest BCUT2D eigenvalue weighted by Crippen LogP contribution is 2.15. The predicted octanol–water partition coefficient (Wildman–Crippen LogP) is 1.49. The Morgan fingerprint density at radius 2 is 2.05 bits per heavy atom. The Kier molecular flexibility index (Phi) is 6.45. The van der Waals surface area contributed by atoms with Crippen LogP contribution in [0.2, 0.25) is 0 Å². The van der Waals surface area contributed by atoms with Crippen LogP contribution in [0, 0.1) is 5.92 Å². The highest BCUT2D eigenvalue weighted by molar-refractivity contribution is 7.88. The van der Waals surface area contributed by atoms with E-state index in [1.165, 1.54) is 0 Å². The van der Waals surface area contributed by atoms with Crippen LogP contribution in [0.15, 0.2) is 24.3 Å². The van der Waals surface area contributed by atoms with Crippen molar-refractivity contribution < 1.29 is 13.2 Å². The summed E-state index contributed by atoms with van der Waals surface area (Å²) in [6.45, 7) is 4.38. The number of benzene rings is 1. The van der Waals surface area contributed by atoms with E-state index in [9.17, 15) is 8.42 Å². The molecule has 0 saturated carbocycles. The lowest BCUT2D eigenvalue weighted by molar-refractivity contribution is 0.414. The van der Waals surface area contributed by atoms with Crippen molar-refractivity contribution in [3.05, 3.63) is 29.8 Å². The van der Waals surface area contributed by atoms with Crippen molar-refractivity contribution in [3.63, 3.8) is 0 Å². The molecule has 20 heavy (non-hydrogen) atoms. The summed E-state index contributed by atoms with van der Waals surface area (Å²) < 4.78 is 32.0. The lowest BCUT2D eigenvalue weighted by Crippen LogP contribution is -2.41. The second kappa shape index (κ2) is 7.61. The fraction of sp³-hybridized carbons (Fsp3) is 0.571. The van der Waals surface area contributed by atoms with E-state index in [2.05, 4.69) is 4.72 Å². The minimum Gasteiger partial charge on any atom is -0.497 e. The van der Waals surface area contributed by atoms with Crippen molar-refractivity contribution in [2.45, 2.75) is 32.1 Å². The van der Waals surface area contributed by atoms with E-state index in [0.29, 0.717) is 23.8 Å². The lowest BCUT2D eigenvalue weighted by atomic mass is 10.1. The molecular weight excluding hydrogens is 276 g/mol. The van der Waals surface area contributed by atoms with Crippen molar-refractivity contribution >= 4 is 10.0 Å². The first-order chi connectivity index (χ1) is 9.36. The molecule has 0 fully saturated rings. The van der Waals surface area contributed by atoms with E-state index < -0.39 is 10.0 Å². The van der Waals surface area contributed by atoms with Crippen molar-refractivity contribution in [1.29, 1.82) is 0 Å². The van der Waals surface area contributed by atoms with Gasteiger partial charge >= 0.3 is 0 Å². The summed E-state index contributed by atoms with van der Waals surface area (Å²) in [5, 5.41) is 0. The Morgan fingerprint density at radius 3 is 2.60 bits per heavy atom. The average molecular weight is 300 g/mol. The topological polar surface area (TPSA) is 81.4 Å². The molecule has 0 aliphatic carbocycles. The Balaban J connectivity index is 2.73. The van der Waals surface area contributed by atoms with Gasteiger partial charge in [-0.2, -0.15) is 0 Å². The molecule has 3 N–H and O–H groups in total. The van der Waals surface area contributed by atoms with Gasteiger partial charge in [0.05, 0.1) is 12.9 Å². The molecule has 1 unspecified atom stereocenters. The van der Waals surface area contributed by atoms with Gasteiger partial charge in [0.1, 0.15) is 5.75 Å². The van der Waals surface area contributed by atoms with E-state index in [1.807, 2.05) is 13.8 Å². The maximum atomic E-state index is 12.1. The quantitative estimate of drug-likeness (QED) is 0.762. The molecule has 0 saturated heterocycles. The lowest BCUT2D eigenvalue weighted by Gasteiger charge is -2.18. The Bertz CT molecular complexity index is 515. The van der Waals surface area contributed by atoms with E-state index in [4.69, 9.17) is 10.5 Å². The zero-order valence-corrected chi connectivity index (χ0v) is 13.1. The average Bonchev–Trinajstić information content (AvgIpc) is 2.36. The molecule has 0 bridgehead atoms. The van der Waals surface area contributed by atoms with Gasteiger partial charge in [-0.1, -0.05) is 26.0 Å². The molecule has 5 nitrogen and oxygen atoms in total. The van der Waals surface area contributed by atoms with Gasteiger partial charge in [-0.15, -0.1) is 0 Å². The summed E-state index contributed by atoms with van der Waals surface area (Å²) in [5.74, 6) is 0.969. The van der Waals surface area contributed by atoms with Gasteiger partial charge in [-0.25, -0.2) is 13.1 Å². The smallest absolute Gasteiger partial charge is 0.216 e. The zero-order valence-electron chi connectivity index (χ0n) is 12.3. The maximum Gasteiger partial charge on any atom is 0.216 e. The van der Waals surface area contributed by atoms with Crippen LogP contribution in [-0.2, 0) is 15.8 Å². The summed E-state index contributed by atoms with van der Waals surface area (Å²) in [6, 6.07) is 6.83. The van der Waals surface area contributed by atoms with Crippen LogP contribution in [-0.4, -0.2) is 28.1 Å². The van der Waals surface area contributed by atoms with Gasteiger partial charge in [-0.3, -0.25) is 0 Å². The van der Waals surface area contributed by atoms with Crippen LogP contribution in [0.4, 0.5) is 0 Å². The van der Waals surface area contributed by atoms with Gasteiger partial charge < -0.3 is 10.5 Å². The third-order valence-electron chi connectivity index (χ3n) is 2.88. The predicted molar refractivity (Wildman–Crippen MR) is 81.1 cm³/mol. The molecule has 1 aromatic rings. The fourth-order valence-electron chi connectivity index (χ4n) is 2.04. The highest BCUT2D eigenvalue weighted by Gasteiger charge is 2.18. The van der Waals surface area contributed by atoms with Crippen LogP contribution in [0.1, 0.15) is 25.8 Å². The van der Waals surface area contributed by atoms with E-state index in [-0.39, 0.29) is 11.8 Å². The standard InChI is InChI=1S/C14H24N2O3S/c1-11(2)7-13(9-15)16-20(17,18)10-12-5-4-6-14(8-12)19-3/h4-6,8,11,13,16H,7,9-10,15H2,1-3H3. The maximum absolute atomic E-state index is 12.1. The number of hydrogen-bond donors (Lipinski definition) is 2. The fourth-order valence-corrected chi connectivity index (χ4v) is 3.44. The number of rotatable bonds is 8. The number of hydrogen-bond acceptors (Lipinski definition) is 4. The van der Waals surface area contributed by atoms with Gasteiger partial charge in [0.15, 0.2) is 0 Å². The minimum absolute atomic E-state index is 0.0706. The molecule has 0 heterocycles. The van der Waals surface area contributed by atoms with Crippen molar-refractivity contribution in [3.8, 4) is 5.75 Å². The molecule has 0 aliphatic rings. The molecule has 6 heteroatoms. The SMILES string of the molecule is COc1cccc(CS(=O)(=O)NC(CN)CC(C)C)c1. The summed E-state index contributed by atoms with van der Waals surface area (Å²) in [4.78, 5) is 0. The number of nitrogens with one attached hydrogen (secondary N) is 1. The first-order valence-corrected chi connectivity index (χ1v) is 8.34. The number of methoxy groups -OCH3 is 1. The third kappa shape index (κ3) is 5.90. The molecule has 1 aromatic carbocycles. The minimum atomic E-state index is -3.40. The van der Waals surface area contributed by atoms with Crippen molar-refractivity contribution in [2.75, 3.05) is 13.7 Å². The van der Waals surface area contributed by atoms with Gasteiger partial charge in [0.2, 0.25) is 10.0 Å². The molecule has 0 amide bonds. The van der Waals surface area contributed by atoms with Crippen LogP contribution < -0.4 is 15.2 Å². The number of nitrogens with two attached hydrogens (primary N) is 1. The number of sulfonamides is 1. The Morgan fingerprint density at radius 1 is 1.35 bits per heavy atom. The summed E-state index contributed by atoms with van der Waals surface area (Å²) >= 11 is 0. The second-order valence-corrected chi connectivity index (χ2v) is 7.04. The molecule has 1 rings (SSSR count). The molecule has 114 valence electrons. The zero-order chi connectivity index (χ0) is 15.2. The largest absolute Gasteiger partial charge is 0.497 e. The number of ether oxygens (including phenoxy) is 1. The van der Waals surface area contributed by atoms with Crippen molar-refractivity contribution in [1.82, 2.24) is 4.72 Å². The van der Waals surface area contributed by atoms with Gasteiger partial charge in [0.25, 0.3) is 0 Å². The van der Waals surface area contributed by atoms with Crippen LogP contribution in [0.25, 0.3) is 0 Å². The van der Waals surface area contributed by atoms with Gasteiger partial charge in [0, 0.05) is 12.6 Å². The Labute approximate surface area is 121 Å². The Hall–Kier alpha value is -1.11. The first-order valence-electron chi connectivity index (χ1n) is 6.69. The van der Waals surface area contributed by atoms with E-state index >= 15 is 0 Å². The van der Waals surface area contributed by atoms with E-state index in [0.717, 1.165) is 6.42 Å². The normalized spacial score (nSPS) is 13.4. The summed E-state index contributed by atoms with van der Waals surface area (Å²) in [7, 11) is -1.85. The van der Waals surface area contributed by atoms with E-state index in [1.54, 1.807) is 31.4 Å². The molecule has 0 aliphatic heterocycles. The summed E-state index contributed by atoms with van der Waals surface area (Å²) in [6.07, 6.45) is 0.730. The molecule has 1 atom stereocenters. The van der Waals surface area contributed by atoms with Gasteiger partial charge in [-0.05, 0) is 30.0 Å². The summed E-state index contributed by atoms with van der Waals surface area (Å²) in [5.41, 5.74) is 6.31. The molecule has 0 aromatic heterocycles. The van der Waals surface area contributed by atoms with Crippen LogP contribution in [0.3, 0.4) is 0 Å². The first kappa shape index (κ1) is 16.9. The molecule has 0 spiro atoms. The third-order valence-corrected chi connectivity index (χ3v) is 4.28. The molecule has 0 radical (unpaired) electrons. The van der Waals surface area contributed by atoms with Crippen LogP contribution >= 0.6 is 0 Å². The monoisotopic (exact) mass is 300 g/mol. The van der Waals surface area contributed by atoms with Crippen molar-refractivity contribution in [2.24, 2.45) is 11.7 Å². The highest BCUT2D eigenvalue weighted by atomic mass is 32.2.